The predicted molar refractivity (Wildman–Crippen MR) is 106 cm³/mol. The Morgan fingerprint density at radius 2 is 1.83 bits per heavy atom. The molecule has 0 N–H and O–H groups in total. The number of aryl methyl sites for hydroxylation is 1. The van der Waals surface area contributed by atoms with E-state index < -0.39 is 23.0 Å². The number of rotatable bonds is 7. The first kappa shape index (κ1) is 22.1. The van der Waals surface area contributed by atoms with Crippen LogP contribution in [0.4, 0.5) is 5.69 Å². The van der Waals surface area contributed by atoms with Crippen LogP contribution in [0.3, 0.4) is 0 Å². The molecule has 0 atom stereocenters. The molecule has 156 valence electrons. The van der Waals surface area contributed by atoms with Crippen LogP contribution >= 0.6 is 0 Å². The summed E-state index contributed by atoms with van der Waals surface area (Å²) >= 11 is 0. The van der Waals surface area contributed by atoms with Gasteiger partial charge >= 0.3 is 11.7 Å². The lowest BCUT2D eigenvalue weighted by molar-refractivity contribution is -0.386. The summed E-state index contributed by atoms with van der Waals surface area (Å²) in [5.41, 5.74) is 0.859. The number of nitro groups is 1. The maximum absolute atomic E-state index is 12.7. The summed E-state index contributed by atoms with van der Waals surface area (Å²) in [6.07, 6.45) is 0. The number of ether oxygens (including phenoxy) is 1. The third-order valence-electron chi connectivity index (χ3n) is 4.46. The molecule has 0 aliphatic rings. The minimum Gasteiger partial charge on any atom is -0.454 e. The Morgan fingerprint density at radius 1 is 1.21 bits per heavy atom. The van der Waals surface area contributed by atoms with Crippen molar-refractivity contribution in [3.63, 3.8) is 0 Å². The Morgan fingerprint density at radius 3 is 2.34 bits per heavy atom. The first-order valence-electron chi connectivity index (χ1n) is 9.19. The molecule has 0 fully saturated rings. The van der Waals surface area contributed by atoms with Crippen molar-refractivity contribution >= 4 is 17.6 Å². The van der Waals surface area contributed by atoms with Crippen molar-refractivity contribution in [1.82, 2.24) is 14.7 Å². The van der Waals surface area contributed by atoms with Crippen molar-refractivity contribution < 1.29 is 19.2 Å². The van der Waals surface area contributed by atoms with Gasteiger partial charge in [0.15, 0.2) is 6.61 Å². The Hall–Kier alpha value is -3.23. The lowest BCUT2D eigenvalue weighted by atomic mass is 10.0. The average molecular weight is 402 g/mol. The van der Waals surface area contributed by atoms with Crippen molar-refractivity contribution in [3.05, 3.63) is 57.4 Å². The Bertz CT molecular complexity index is 900. The first-order valence-corrected chi connectivity index (χ1v) is 9.19. The number of hydrogen-bond acceptors (Lipinski definition) is 6. The van der Waals surface area contributed by atoms with Gasteiger partial charge in [0.25, 0.3) is 5.91 Å². The van der Waals surface area contributed by atoms with Gasteiger partial charge in [0.2, 0.25) is 0 Å². The van der Waals surface area contributed by atoms with Crippen LogP contribution in [0.25, 0.3) is 0 Å². The molecule has 0 aliphatic carbocycles. The van der Waals surface area contributed by atoms with Gasteiger partial charge in [-0.25, -0.2) is 0 Å². The molecule has 0 spiro atoms. The molecular weight excluding hydrogens is 376 g/mol. The Balaban J connectivity index is 2.01. The van der Waals surface area contributed by atoms with Crippen LogP contribution < -0.4 is 0 Å². The zero-order valence-corrected chi connectivity index (χ0v) is 17.3. The number of amides is 1. The summed E-state index contributed by atoms with van der Waals surface area (Å²) in [4.78, 5) is 37.0. The van der Waals surface area contributed by atoms with Crippen molar-refractivity contribution in [2.45, 2.75) is 53.2 Å². The van der Waals surface area contributed by atoms with Gasteiger partial charge in [-0.3, -0.25) is 24.4 Å². The molecule has 9 nitrogen and oxygen atoms in total. The maximum Gasteiger partial charge on any atom is 0.328 e. The van der Waals surface area contributed by atoms with Crippen LogP contribution in [-0.2, 0) is 27.4 Å². The molecule has 0 unspecified atom stereocenters. The Labute approximate surface area is 169 Å². The first-order chi connectivity index (χ1) is 13.5. The second-order valence-electron chi connectivity index (χ2n) is 7.73. The molecule has 2 aromatic rings. The highest BCUT2D eigenvalue weighted by Gasteiger charge is 2.28. The fourth-order valence-electron chi connectivity index (χ4n) is 2.96. The van der Waals surface area contributed by atoms with Crippen molar-refractivity contribution in [1.29, 1.82) is 0 Å². The van der Waals surface area contributed by atoms with Crippen LogP contribution in [0.2, 0.25) is 0 Å². The minimum absolute atomic E-state index is 0.129. The van der Waals surface area contributed by atoms with E-state index in [2.05, 4.69) is 5.10 Å². The third-order valence-corrected chi connectivity index (χ3v) is 4.46. The highest BCUT2D eigenvalue weighted by molar-refractivity contribution is 5.81. The molecule has 2 rings (SSSR count). The molecule has 9 heteroatoms. The van der Waals surface area contributed by atoms with E-state index in [4.69, 9.17) is 4.74 Å². The van der Waals surface area contributed by atoms with Crippen LogP contribution in [0.1, 0.15) is 37.7 Å². The van der Waals surface area contributed by atoms with Gasteiger partial charge in [-0.15, -0.1) is 0 Å². The van der Waals surface area contributed by atoms with Crippen LogP contribution in [-0.4, -0.2) is 43.6 Å². The summed E-state index contributed by atoms with van der Waals surface area (Å²) < 4.78 is 6.34. The molecule has 0 saturated carbocycles. The van der Waals surface area contributed by atoms with E-state index >= 15 is 0 Å². The van der Waals surface area contributed by atoms with Crippen LogP contribution in [0, 0.1) is 24.0 Å². The van der Waals surface area contributed by atoms with Gasteiger partial charge < -0.3 is 9.64 Å². The van der Waals surface area contributed by atoms with E-state index in [0.29, 0.717) is 6.54 Å². The summed E-state index contributed by atoms with van der Waals surface area (Å²) in [7, 11) is 0. The standard InChI is InChI=1S/C20H26N4O5/c1-14-19(24(27)28)15(2)23(21-14)12-18(26)29-13-17(25)22(20(3,4)5)11-16-9-7-6-8-10-16/h6-10H,11-13H2,1-5H3. The van der Waals surface area contributed by atoms with E-state index in [-0.39, 0.29) is 29.5 Å². The maximum atomic E-state index is 12.7. The third kappa shape index (κ3) is 5.63. The number of carbonyl (C=O) groups excluding carboxylic acids is 2. The molecule has 0 radical (unpaired) electrons. The lowest BCUT2D eigenvalue weighted by Gasteiger charge is -2.35. The Kier molecular flexibility index (Phi) is 6.73. The predicted octanol–water partition coefficient (Wildman–Crippen LogP) is 2.78. The summed E-state index contributed by atoms with van der Waals surface area (Å²) in [6, 6.07) is 9.54. The molecule has 0 saturated heterocycles. The summed E-state index contributed by atoms with van der Waals surface area (Å²) in [6.45, 7) is 8.41. The van der Waals surface area contributed by atoms with E-state index in [1.54, 1.807) is 4.90 Å². The fourth-order valence-corrected chi connectivity index (χ4v) is 2.96. The molecule has 1 heterocycles. The van der Waals surface area contributed by atoms with Gasteiger partial charge in [-0.2, -0.15) is 5.10 Å². The van der Waals surface area contributed by atoms with Gasteiger partial charge in [0, 0.05) is 12.1 Å². The molecule has 0 aliphatic heterocycles. The summed E-state index contributed by atoms with van der Waals surface area (Å²) in [5, 5.41) is 15.1. The summed E-state index contributed by atoms with van der Waals surface area (Å²) in [5.74, 6) is -1.01. The van der Waals surface area contributed by atoms with Crippen molar-refractivity contribution in [3.8, 4) is 0 Å². The highest BCUT2D eigenvalue weighted by Crippen LogP contribution is 2.22. The SMILES string of the molecule is Cc1nn(CC(=O)OCC(=O)N(Cc2ccccc2)C(C)(C)C)c(C)c1[N+](=O)[O-]. The molecule has 1 aromatic heterocycles. The van der Waals surface area contributed by atoms with Gasteiger partial charge in [0.1, 0.15) is 17.9 Å². The van der Waals surface area contributed by atoms with E-state index in [1.165, 1.54) is 18.5 Å². The molecule has 0 bridgehead atoms. The van der Waals surface area contributed by atoms with Gasteiger partial charge in [0.05, 0.1) is 4.92 Å². The van der Waals surface area contributed by atoms with Crippen LogP contribution in [0.5, 0.6) is 0 Å². The topological polar surface area (TPSA) is 108 Å². The zero-order valence-electron chi connectivity index (χ0n) is 17.3. The van der Waals surface area contributed by atoms with E-state index in [9.17, 15) is 19.7 Å². The van der Waals surface area contributed by atoms with Gasteiger partial charge in [-0.1, -0.05) is 30.3 Å². The normalized spacial score (nSPS) is 11.2. The van der Waals surface area contributed by atoms with Crippen LogP contribution in [0.15, 0.2) is 30.3 Å². The second kappa shape index (κ2) is 8.85. The number of nitrogens with zero attached hydrogens (tertiary/aromatic N) is 4. The monoisotopic (exact) mass is 402 g/mol. The average Bonchev–Trinajstić information content (AvgIpc) is 2.91. The fraction of sp³-hybridized carbons (Fsp3) is 0.450. The molecule has 1 amide bonds. The number of hydrogen-bond donors (Lipinski definition) is 0. The number of carbonyl (C=O) groups is 2. The van der Waals surface area contributed by atoms with Crippen molar-refractivity contribution in [2.24, 2.45) is 0 Å². The smallest absolute Gasteiger partial charge is 0.328 e. The molecule has 29 heavy (non-hydrogen) atoms. The number of benzene rings is 1. The molecule has 1 aromatic carbocycles. The molecular formula is C20H26N4O5. The zero-order chi connectivity index (χ0) is 21.8. The lowest BCUT2D eigenvalue weighted by Crippen LogP contribution is -2.47. The number of aromatic nitrogens is 2. The second-order valence-corrected chi connectivity index (χ2v) is 7.73. The minimum atomic E-state index is -0.688. The largest absolute Gasteiger partial charge is 0.454 e. The van der Waals surface area contributed by atoms with Crippen molar-refractivity contribution in [2.75, 3.05) is 6.61 Å². The quantitative estimate of drug-likeness (QED) is 0.400. The number of esters is 1. The van der Waals surface area contributed by atoms with E-state index in [1.807, 2.05) is 51.1 Å². The highest BCUT2D eigenvalue weighted by atomic mass is 16.6. The van der Waals surface area contributed by atoms with Gasteiger partial charge in [-0.05, 0) is 40.2 Å². The van der Waals surface area contributed by atoms with E-state index in [0.717, 1.165) is 5.56 Å².